The number of rotatable bonds is 3. The fraction of sp³-hybridized carbons (Fsp3) is 0.188. The van der Waals surface area contributed by atoms with Gasteiger partial charge in [0.2, 0.25) is 5.91 Å². The van der Waals surface area contributed by atoms with Crippen LogP contribution in [0.4, 0.5) is 20.7 Å². The number of benzene rings is 1. The molecule has 1 atom stereocenters. The number of halogens is 1. The van der Waals surface area contributed by atoms with Gasteiger partial charge in [0.25, 0.3) is 0 Å². The highest BCUT2D eigenvalue weighted by molar-refractivity contribution is 5.97. The van der Waals surface area contributed by atoms with E-state index in [0.29, 0.717) is 18.1 Å². The van der Waals surface area contributed by atoms with Crippen molar-refractivity contribution in [2.24, 2.45) is 0 Å². The molecule has 0 aliphatic carbocycles. The first-order valence-corrected chi connectivity index (χ1v) is 7.16. The lowest BCUT2D eigenvalue weighted by Gasteiger charge is -2.17. The highest BCUT2D eigenvalue weighted by atomic mass is 19.1. The molecule has 118 valence electrons. The molecule has 0 spiro atoms. The molecule has 0 saturated carbocycles. The zero-order valence-corrected chi connectivity index (χ0v) is 12.2. The molecule has 6 nitrogen and oxygen atoms in total. The van der Waals surface area contributed by atoms with Crippen molar-refractivity contribution in [3.8, 4) is 0 Å². The van der Waals surface area contributed by atoms with Crippen LogP contribution in [0.1, 0.15) is 6.42 Å². The van der Waals surface area contributed by atoms with E-state index < -0.39 is 6.03 Å². The fourth-order valence-corrected chi connectivity index (χ4v) is 2.45. The van der Waals surface area contributed by atoms with Crippen molar-refractivity contribution in [2.75, 3.05) is 16.8 Å². The minimum Gasteiger partial charge on any atom is -0.333 e. The van der Waals surface area contributed by atoms with E-state index in [1.165, 1.54) is 17.0 Å². The van der Waals surface area contributed by atoms with Gasteiger partial charge in [-0.05, 0) is 36.4 Å². The Morgan fingerprint density at radius 3 is 2.70 bits per heavy atom. The number of amides is 3. The molecule has 23 heavy (non-hydrogen) atoms. The van der Waals surface area contributed by atoms with Gasteiger partial charge in [-0.15, -0.1) is 0 Å². The number of aromatic nitrogens is 1. The molecule has 3 rings (SSSR count). The number of pyridine rings is 1. The van der Waals surface area contributed by atoms with Crippen LogP contribution in [-0.2, 0) is 4.79 Å². The van der Waals surface area contributed by atoms with E-state index >= 15 is 0 Å². The first kappa shape index (κ1) is 15.0. The van der Waals surface area contributed by atoms with E-state index in [0.717, 1.165) is 0 Å². The first-order chi connectivity index (χ1) is 11.1. The number of urea groups is 1. The lowest BCUT2D eigenvalue weighted by atomic mass is 10.2. The average Bonchev–Trinajstić information content (AvgIpc) is 2.89. The SMILES string of the molecule is O=C(Nc1ccccn1)NC1CC(=O)N(c2ccc(F)cc2)C1. The third kappa shape index (κ3) is 3.63. The normalized spacial score (nSPS) is 17.2. The third-order valence-corrected chi connectivity index (χ3v) is 3.51. The molecule has 7 heteroatoms. The van der Waals surface area contributed by atoms with Crippen LogP contribution >= 0.6 is 0 Å². The molecule has 1 fully saturated rings. The van der Waals surface area contributed by atoms with Gasteiger partial charge in [0.05, 0.1) is 6.04 Å². The predicted octanol–water partition coefficient (Wildman–Crippen LogP) is 2.15. The number of hydrogen-bond acceptors (Lipinski definition) is 3. The Balaban J connectivity index is 1.59. The number of carbonyl (C=O) groups excluding carboxylic acids is 2. The molecule has 1 unspecified atom stereocenters. The number of nitrogens with one attached hydrogen (secondary N) is 2. The van der Waals surface area contributed by atoms with Gasteiger partial charge in [-0.3, -0.25) is 10.1 Å². The molecule has 1 aliphatic rings. The summed E-state index contributed by atoms with van der Waals surface area (Å²) in [6.45, 7) is 0.347. The Kier molecular flexibility index (Phi) is 4.18. The second-order valence-corrected chi connectivity index (χ2v) is 5.20. The number of carbonyl (C=O) groups is 2. The molecular weight excluding hydrogens is 299 g/mol. The third-order valence-electron chi connectivity index (χ3n) is 3.51. The van der Waals surface area contributed by atoms with E-state index in [1.807, 2.05) is 0 Å². The summed E-state index contributed by atoms with van der Waals surface area (Å²) in [6.07, 6.45) is 1.78. The number of anilines is 2. The van der Waals surface area contributed by atoms with Gasteiger partial charge in [-0.2, -0.15) is 0 Å². The maximum atomic E-state index is 13.0. The lowest BCUT2D eigenvalue weighted by molar-refractivity contribution is -0.117. The topological polar surface area (TPSA) is 74.3 Å². The van der Waals surface area contributed by atoms with Gasteiger partial charge in [0.1, 0.15) is 11.6 Å². The average molecular weight is 314 g/mol. The van der Waals surface area contributed by atoms with Gasteiger partial charge in [0.15, 0.2) is 0 Å². The minimum atomic E-state index is -0.414. The lowest BCUT2D eigenvalue weighted by Crippen LogP contribution is -2.39. The van der Waals surface area contributed by atoms with Crippen LogP contribution in [0.5, 0.6) is 0 Å². The maximum Gasteiger partial charge on any atom is 0.320 e. The van der Waals surface area contributed by atoms with Gasteiger partial charge < -0.3 is 10.2 Å². The van der Waals surface area contributed by atoms with Crippen molar-refractivity contribution in [3.05, 3.63) is 54.5 Å². The summed E-state index contributed by atoms with van der Waals surface area (Å²) in [4.78, 5) is 29.5. The molecule has 3 amide bonds. The zero-order chi connectivity index (χ0) is 16.2. The molecule has 1 aromatic heterocycles. The van der Waals surface area contributed by atoms with E-state index in [4.69, 9.17) is 0 Å². The van der Waals surface area contributed by atoms with Crippen LogP contribution in [0.3, 0.4) is 0 Å². The summed E-state index contributed by atoms with van der Waals surface area (Å²) in [6, 6.07) is 10.2. The van der Waals surface area contributed by atoms with Crippen LogP contribution in [0.15, 0.2) is 48.7 Å². The molecule has 0 bridgehead atoms. The molecule has 0 radical (unpaired) electrons. The monoisotopic (exact) mass is 314 g/mol. The molecule has 1 saturated heterocycles. The van der Waals surface area contributed by atoms with Crippen LogP contribution < -0.4 is 15.5 Å². The fourth-order valence-electron chi connectivity index (χ4n) is 2.45. The van der Waals surface area contributed by atoms with Crippen molar-refractivity contribution in [1.82, 2.24) is 10.3 Å². The van der Waals surface area contributed by atoms with Crippen molar-refractivity contribution in [1.29, 1.82) is 0 Å². The number of hydrogen-bond donors (Lipinski definition) is 2. The molecule has 2 N–H and O–H groups in total. The van der Waals surface area contributed by atoms with Gasteiger partial charge in [0, 0.05) is 24.8 Å². The Morgan fingerprint density at radius 2 is 2.00 bits per heavy atom. The highest BCUT2D eigenvalue weighted by Gasteiger charge is 2.31. The van der Waals surface area contributed by atoms with Crippen LogP contribution in [0, 0.1) is 5.82 Å². The van der Waals surface area contributed by atoms with E-state index in [1.54, 1.807) is 36.5 Å². The minimum absolute atomic E-state index is 0.111. The largest absolute Gasteiger partial charge is 0.333 e. The van der Waals surface area contributed by atoms with Gasteiger partial charge in [-0.1, -0.05) is 6.07 Å². The molecular formula is C16H15FN4O2. The summed E-state index contributed by atoms with van der Waals surface area (Å²) in [5, 5.41) is 5.35. The maximum absolute atomic E-state index is 13.0. The Labute approximate surface area is 132 Å². The zero-order valence-electron chi connectivity index (χ0n) is 12.2. The summed E-state index contributed by atoms with van der Waals surface area (Å²) in [5.41, 5.74) is 0.617. The number of nitrogens with zero attached hydrogens (tertiary/aromatic N) is 2. The summed E-state index contributed by atoms with van der Waals surface area (Å²) >= 11 is 0. The van der Waals surface area contributed by atoms with Crippen molar-refractivity contribution < 1.29 is 14.0 Å². The van der Waals surface area contributed by atoms with E-state index in [9.17, 15) is 14.0 Å². The smallest absolute Gasteiger partial charge is 0.320 e. The van der Waals surface area contributed by atoms with Crippen LogP contribution in [0.2, 0.25) is 0 Å². The van der Waals surface area contributed by atoms with Crippen molar-refractivity contribution >= 4 is 23.4 Å². The molecule has 2 heterocycles. The highest BCUT2D eigenvalue weighted by Crippen LogP contribution is 2.21. The Morgan fingerprint density at radius 1 is 1.22 bits per heavy atom. The summed E-state index contributed by atoms with van der Waals surface area (Å²) in [5.74, 6) is -0.0331. The second kappa shape index (κ2) is 6.43. The molecule has 1 aromatic carbocycles. The Bertz CT molecular complexity index is 706. The van der Waals surface area contributed by atoms with Crippen LogP contribution in [0.25, 0.3) is 0 Å². The Hall–Kier alpha value is -2.96. The molecule has 1 aliphatic heterocycles. The van der Waals surface area contributed by atoms with E-state index in [-0.39, 0.29) is 24.2 Å². The van der Waals surface area contributed by atoms with Crippen molar-refractivity contribution in [3.63, 3.8) is 0 Å². The van der Waals surface area contributed by atoms with Crippen molar-refractivity contribution in [2.45, 2.75) is 12.5 Å². The van der Waals surface area contributed by atoms with Gasteiger partial charge >= 0.3 is 6.03 Å². The predicted molar refractivity (Wildman–Crippen MR) is 83.5 cm³/mol. The summed E-state index contributed by atoms with van der Waals surface area (Å²) < 4.78 is 13.0. The van der Waals surface area contributed by atoms with E-state index in [2.05, 4.69) is 15.6 Å². The second-order valence-electron chi connectivity index (χ2n) is 5.20. The molecule has 2 aromatic rings. The standard InChI is InChI=1S/C16H15FN4O2/c17-11-4-6-13(7-5-11)21-10-12(9-15(21)22)19-16(23)20-14-3-1-2-8-18-14/h1-8,12H,9-10H2,(H2,18,19,20,23). The summed E-state index contributed by atoms with van der Waals surface area (Å²) in [7, 11) is 0. The quantitative estimate of drug-likeness (QED) is 0.911. The first-order valence-electron chi connectivity index (χ1n) is 7.16. The van der Waals surface area contributed by atoms with Crippen LogP contribution in [-0.4, -0.2) is 29.5 Å². The van der Waals surface area contributed by atoms with Gasteiger partial charge in [-0.25, -0.2) is 14.2 Å².